The highest BCUT2D eigenvalue weighted by Gasteiger charge is 2.33. The average Bonchev–Trinajstić information content (AvgIpc) is 3.25. The number of oxime groups is 1. The number of nitrogens with zero attached hydrogens (tertiary/aromatic N) is 2. The van der Waals surface area contributed by atoms with E-state index in [0.29, 0.717) is 11.6 Å². The van der Waals surface area contributed by atoms with E-state index >= 15 is 0 Å². The van der Waals surface area contributed by atoms with Crippen LogP contribution in [0.4, 0.5) is 0 Å². The number of amidine groups is 1. The summed E-state index contributed by atoms with van der Waals surface area (Å²) in [7, 11) is 0. The van der Waals surface area contributed by atoms with Crippen LogP contribution in [0, 0.1) is 0 Å². The third kappa shape index (κ3) is 3.33. The van der Waals surface area contributed by atoms with E-state index in [1.54, 1.807) is 4.90 Å². The van der Waals surface area contributed by atoms with Gasteiger partial charge >= 0.3 is 0 Å². The Bertz CT molecular complexity index is 544. The molecule has 7 heteroatoms. The molecular formula is C13H16ClN3O3. The van der Waals surface area contributed by atoms with E-state index in [1.807, 2.05) is 0 Å². The van der Waals surface area contributed by atoms with Gasteiger partial charge in [-0.25, -0.2) is 0 Å². The van der Waals surface area contributed by atoms with Crippen molar-refractivity contribution in [2.24, 2.45) is 10.9 Å². The predicted molar refractivity (Wildman–Crippen MR) is 75.2 cm³/mol. The fourth-order valence-electron chi connectivity index (χ4n) is 1.95. The largest absolute Gasteiger partial charge is 0.508 e. The van der Waals surface area contributed by atoms with Crippen molar-refractivity contribution < 1.29 is 15.1 Å². The Balaban J connectivity index is 2.16. The molecule has 108 valence electrons. The third-order valence-corrected chi connectivity index (χ3v) is 3.50. The molecule has 1 aromatic carbocycles. The quantitative estimate of drug-likeness (QED) is 0.334. The number of halogens is 1. The molecule has 0 aromatic heterocycles. The van der Waals surface area contributed by atoms with Crippen molar-refractivity contribution in [1.29, 1.82) is 0 Å². The number of phenols is 1. The maximum absolute atomic E-state index is 12.5. The van der Waals surface area contributed by atoms with Crippen LogP contribution in [0.5, 0.6) is 5.75 Å². The maximum Gasteiger partial charge on any atom is 0.255 e. The first kappa shape index (κ1) is 14.5. The molecule has 1 aromatic rings. The van der Waals surface area contributed by atoms with Gasteiger partial charge in [-0.3, -0.25) is 4.79 Å². The number of hydrogen-bond donors (Lipinski definition) is 3. The molecule has 0 saturated heterocycles. The first-order chi connectivity index (χ1) is 9.52. The number of rotatable bonds is 5. The molecule has 0 spiro atoms. The third-order valence-electron chi connectivity index (χ3n) is 3.17. The SMILES string of the molecule is N/C(CCN(C(=O)c1cc(O)ccc1Cl)C1CC1)=N/O. The summed E-state index contributed by atoms with van der Waals surface area (Å²) in [5.41, 5.74) is 5.69. The van der Waals surface area contributed by atoms with Crippen molar-refractivity contribution in [3.63, 3.8) is 0 Å². The zero-order valence-corrected chi connectivity index (χ0v) is 11.5. The molecule has 1 amide bonds. The standard InChI is InChI=1S/C13H16ClN3O3/c14-11-4-3-9(18)7-10(11)13(19)17(8-1-2-8)6-5-12(15)16-20/h3-4,7-8,18,20H,1-2,5-6H2,(H2,15,16). The Morgan fingerprint density at radius 2 is 2.20 bits per heavy atom. The van der Waals surface area contributed by atoms with E-state index in [-0.39, 0.29) is 35.5 Å². The minimum atomic E-state index is -0.251. The Morgan fingerprint density at radius 3 is 2.80 bits per heavy atom. The molecule has 1 fully saturated rings. The lowest BCUT2D eigenvalue weighted by molar-refractivity contribution is 0.0747. The minimum Gasteiger partial charge on any atom is -0.508 e. The van der Waals surface area contributed by atoms with Gasteiger partial charge in [-0.05, 0) is 31.0 Å². The van der Waals surface area contributed by atoms with Crippen molar-refractivity contribution in [2.75, 3.05) is 6.54 Å². The molecule has 0 bridgehead atoms. The van der Waals surface area contributed by atoms with Crippen molar-refractivity contribution in [2.45, 2.75) is 25.3 Å². The number of phenolic OH excluding ortho intramolecular Hbond substituents is 1. The number of carbonyl (C=O) groups excluding carboxylic acids is 1. The monoisotopic (exact) mass is 297 g/mol. The van der Waals surface area contributed by atoms with E-state index in [4.69, 9.17) is 22.5 Å². The van der Waals surface area contributed by atoms with Gasteiger partial charge in [-0.1, -0.05) is 16.8 Å². The van der Waals surface area contributed by atoms with Gasteiger partial charge in [0.2, 0.25) is 0 Å². The molecule has 0 heterocycles. The van der Waals surface area contributed by atoms with Crippen LogP contribution in [-0.4, -0.2) is 39.5 Å². The molecule has 0 radical (unpaired) electrons. The molecule has 0 unspecified atom stereocenters. The van der Waals surface area contributed by atoms with E-state index in [0.717, 1.165) is 12.8 Å². The Hall–Kier alpha value is -1.95. The lowest BCUT2D eigenvalue weighted by Gasteiger charge is -2.22. The molecule has 0 aliphatic heterocycles. The van der Waals surface area contributed by atoms with Crippen molar-refractivity contribution in [3.8, 4) is 5.75 Å². The second-order valence-corrected chi connectivity index (χ2v) is 5.14. The number of nitrogens with two attached hydrogens (primary N) is 1. The number of amides is 1. The van der Waals surface area contributed by atoms with Crippen LogP contribution in [0.15, 0.2) is 23.4 Å². The molecule has 20 heavy (non-hydrogen) atoms. The Kier molecular flexibility index (Phi) is 4.34. The molecular weight excluding hydrogens is 282 g/mol. The van der Waals surface area contributed by atoms with Crippen LogP contribution in [0.1, 0.15) is 29.6 Å². The second-order valence-electron chi connectivity index (χ2n) is 4.74. The van der Waals surface area contributed by atoms with Crippen LogP contribution in [-0.2, 0) is 0 Å². The summed E-state index contributed by atoms with van der Waals surface area (Å²) in [6, 6.07) is 4.42. The van der Waals surface area contributed by atoms with Crippen LogP contribution in [0.2, 0.25) is 5.02 Å². The average molecular weight is 298 g/mol. The summed E-state index contributed by atoms with van der Waals surface area (Å²) in [5, 5.41) is 21.2. The normalized spacial score (nSPS) is 15.2. The smallest absolute Gasteiger partial charge is 0.255 e. The van der Waals surface area contributed by atoms with Crippen LogP contribution in [0.25, 0.3) is 0 Å². The van der Waals surface area contributed by atoms with Gasteiger partial charge in [0.25, 0.3) is 5.91 Å². The van der Waals surface area contributed by atoms with Crippen LogP contribution >= 0.6 is 11.6 Å². The lowest BCUT2D eigenvalue weighted by atomic mass is 10.1. The molecule has 2 rings (SSSR count). The van der Waals surface area contributed by atoms with Gasteiger partial charge in [-0.15, -0.1) is 0 Å². The van der Waals surface area contributed by atoms with Crippen molar-refractivity contribution >= 4 is 23.3 Å². The summed E-state index contributed by atoms with van der Waals surface area (Å²) in [4.78, 5) is 14.1. The van der Waals surface area contributed by atoms with Gasteiger partial charge in [-0.2, -0.15) is 0 Å². The minimum absolute atomic E-state index is 0.00932. The van der Waals surface area contributed by atoms with Gasteiger partial charge in [0.15, 0.2) is 0 Å². The fraction of sp³-hybridized carbons (Fsp3) is 0.385. The summed E-state index contributed by atoms with van der Waals surface area (Å²) in [6.07, 6.45) is 2.14. The summed E-state index contributed by atoms with van der Waals surface area (Å²) >= 11 is 6.00. The highest BCUT2D eigenvalue weighted by atomic mass is 35.5. The molecule has 1 saturated carbocycles. The van der Waals surface area contributed by atoms with Gasteiger partial charge in [0.1, 0.15) is 11.6 Å². The number of benzene rings is 1. The Labute approximate surface area is 121 Å². The first-order valence-corrected chi connectivity index (χ1v) is 6.66. The van der Waals surface area contributed by atoms with Gasteiger partial charge < -0.3 is 20.9 Å². The van der Waals surface area contributed by atoms with Crippen molar-refractivity contribution in [1.82, 2.24) is 4.90 Å². The van der Waals surface area contributed by atoms with Gasteiger partial charge in [0.05, 0.1) is 10.6 Å². The predicted octanol–water partition coefficient (Wildman–Crippen LogP) is 1.79. The highest BCUT2D eigenvalue weighted by molar-refractivity contribution is 6.33. The summed E-state index contributed by atoms with van der Waals surface area (Å²) < 4.78 is 0. The molecule has 1 aliphatic rings. The zero-order chi connectivity index (χ0) is 14.7. The Morgan fingerprint density at radius 1 is 1.50 bits per heavy atom. The van der Waals surface area contributed by atoms with Gasteiger partial charge in [0, 0.05) is 19.0 Å². The van der Waals surface area contributed by atoms with E-state index < -0.39 is 0 Å². The summed E-state index contributed by atoms with van der Waals surface area (Å²) in [6.45, 7) is 0.353. The molecule has 1 aliphatic carbocycles. The molecule has 0 atom stereocenters. The van der Waals surface area contributed by atoms with E-state index in [2.05, 4.69) is 5.16 Å². The fourth-order valence-corrected chi connectivity index (χ4v) is 2.15. The highest BCUT2D eigenvalue weighted by Crippen LogP contribution is 2.30. The lowest BCUT2D eigenvalue weighted by Crippen LogP contribution is -2.36. The van der Waals surface area contributed by atoms with Crippen LogP contribution < -0.4 is 5.73 Å². The number of hydrogen-bond acceptors (Lipinski definition) is 4. The van der Waals surface area contributed by atoms with Crippen molar-refractivity contribution in [3.05, 3.63) is 28.8 Å². The number of carbonyl (C=O) groups is 1. The maximum atomic E-state index is 12.5. The molecule has 6 nitrogen and oxygen atoms in total. The molecule has 4 N–H and O–H groups in total. The van der Waals surface area contributed by atoms with E-state index in [9.17, 15) is 9.90 Å². The van der Waals surface area contributed by atoms with E-state index in [1.165, 1.54) is 18.2 Å². The zero-order valence-electron chi connectivity index (χ0n) is 10.8. The van der Waals surface area contributed by atoms with Crippen LogP contribution in [0.3, 0.4) is 0 Å². The topological polar surface area (TPSA) is 99.2 Å². The number of aromatic hydroxyl groups is 1. The summed E-state index contributed by atoms with van der Waals surface area (Å²) in [5.74, 6) is -0.186. The second kappa shape index (κ2) is 6.00. The first-order valence-electron chi connectivity index (χ1n) is 6.29.